The van der Waals surface area contributed by atoms with Gasteiger partial charge in [0, 0.05) is 11.9 Å². The summed E-state index contributed by atoms with van der Waals surface area (Å²) < 4.78 is 4.81. The normalized spacial score (nSPS) is 10.1. The van der Waals surface area contributed by atoms with Gasteiger partial charge in [0.05, 0.1) is 18.7 Å². The summed E-state index contributed by atoms with van der Waals surface area (Å²) in [6.07, 6.45) is 2.01. The van der Waals surface area contributed by atoms with Crippen molar-refractivity contribution in [1.82, 2.24) is 9.97 Å². The van der Waals surface area contributed by atoms with E-state index in [0.29, 0.717) is 29.6 Å². The van der Waals surface area contributed by atoms with Crippen LogP contribution >= 0.6 is 11.8 Å². The van der Waals surface area contributed by atoms with E-state index in [0.717, 1.165) is 5.69 Å². The molecule has 0 amide bonds. The standard InChI is InChI=1S/C10H15N3O2S/c1-3-15-8(14)4-5-16-10-9(11)13-7(2)6-12-10/h6H,3-5H2,1-2H3,(H2,11,13). The number of thioether (sulfide) groups is 1. The minimum absolute atomic E-state index is 0.200. The second-order valence-corrected chi connectivity index (χ2v) is 4.19. The molecule has 5 nitrogen and oxygen atoms in total. The number of carbonyl (C=O) groups excluding carboxylic acids is 1. The summed E-state index contributed by atoms with van der Waals surface area (Å²) in [5.74, 6) is 0.809. The van der Waals surface area contributed by atoms with Gasteiger partial charge in [0.25, 0.3) is 0 Å². The first-order chi connectivity index (χ1) is 7.63. The number of rotatable bonds is 5. The molecular formula is C10H15N3O2S. The third-order valence-corrected chi connectivity index (χ3v) is 2.73. The monoisotopic (exact) mass is 241 g/mol. The molecule has 0 atom stereocenters. The molecule has 1 aromatic rings. The molecule has 0 unspecified atom stereocenters. The minimum Gasteiger partial charge on any atom is -0.466 e. The van der Waals surface area contributed by atoms with Crippen LogP contribution in [0.5, 0.6) is 0 Å². The van der Waals surface area contributed by atoms with Gasteiger partial charge in [0.1, 0.15) is 5.03 Å². The maximum absolute atomic E-state index is 11.1. The lowest BCUT2D eigenvalue weighted by Gasteiger charge is -2.04. The van der Waals surface area contributed by atoms with Crippen LogP contribution in [0.3, 0.4) is 0 Å². The molecule has 88 valence electrons. The predicted molar refractivity (Wildman–Crippen MR) is 63.2 cm³/mol. The average molecular weight is 241 g/mol. The zero-order valence-corrected chi connectivity index (χ0v) is 10.2. The number of anilines is 1. The molecule has 0 aliphatic carbocycles. The van der Waals surface area contributed by atoms with E-state index in [2.05, 4.69) is 9.97 Å². The lowest BCUT2D eigenvalue weighted by molar-refractivity contribution is -0.142. The highest BCUT2D eigenvalue weighted by Crippen LogP contribution is 2.21. The van der Waals surface area contributed by atoms with Crippen molar-refractivity contribution >= 4 is 23.5 Å². The van der Waals surface area contributed by atoms with E-state index in [1.807, 2.05) is 6.92 Å². The number of nitrogen functional groups attached to an aromatic ring is 1. The van der Waals surface area contributed by atoms with Gasteiger partial charge in [-0.1, -0.05) is 0 Å². The van der Waals surface area contributed by atoms with Crippen molar-refractivity contribution in [2.45, 2.75) is 25.3 Å². The molecule has 1 rings (SSSR count). The van der Waals surface area contributed by atoms with E-state index in [1.54, 1.807) is 13.1 Å². The molecule has 0 aliphatic rings. The summed E-state index contributed by atoms with van der Waals surface area (Å²) in [5.41, 5.74) is 6.47. The van der Waals surface area contributed by atoms with Crippen molar-refractivity contribution in [2.75, 3.05) is 18.1 Å². The zero-order chi connectivity index (χ0) is 12.0. The van der Waals surface area contributed by atoms with Crippen LogP contribution in [-0.2, 0) is 9.53 Å². The number of ether oxygens (including phenoxy) is 1. The Morgan fingerprint density at radius 1 is 1.62 bits per heavy atom. The molecule has 0 saturated heterocycles. The fraction of sp³-hybridized carbons (Fsp3) is 0.500. The fourth-order valence-corrected chi connectivity index (χ4v) is 1.84. The van der Waals surface area contributed by atoms with Crippen LogP contribution in [0.1, 0.15) is 19.0 Å². The maximum Gasteiger partial charge on any atom is 0.306 e. The number of hydrogen-bond donors (Lipinski definition) is 1. The molecule has 0 spiro atoms. The number of aromatic nitrogens is 2. The Hall–Kier alpha value is -1.30. The van der Waals surface area contributed by atoms with Crippen LogP contribution in [0.4, 0.5) is 5.82 Å². The minimum atomic E-state index is -0.200. The van der Waals surface area contributed by atoms with Gasteiger partial charge in [-0.25, -0.2) is 9.97 Å². The fourth-order valence-electron chi connectivity index (χ4n) is 1.06. The van der Waals surface area contributed by atoms with Crippen molar-refractivity contribution in [3.63, 3.8) is 0 Å². The molecule has 0 fully saturated rings. The Kier molecular flexibility index (Phi) is 5.04. The smallest absolute Gasteiger partial charge is 0.306 e. The van der Waals surface area contributed by atoms with Gasteiger partial charge < -0.3 is 10.5 Å². The second-order valence-electron chi connectivity index (χ2n) is 3.11. The van der Waals surface area contributed by atoms with E-state index in [1.165, 1.54) is 11.8 Å². The first-order valence-electron chi connectivity index (χ1n) is 5.01. The Labute approximate surface area is 98.8 Å². The number of aryl methyl sites for hydroxylation is 1. The van der Waals surface area contributed by atoms with Crippen molar-refractivity contribution in [3.05, 3.63) is 11.9 Å². The van der Waals surface area contributed by atoms with E-state index in [9.17, 15) is 4.79 Å². The van der Waals surface area contributed by atoms with Crippen LogP contribution in [-0.4, -0.2) is 28.3 Å². The van der Waals surface area contributed by atoms with Gasteiger partial charge in [-0.15, -0.1) is 11.8 Å². The zero-order valence-electron chi connectivity index (χ0n) is 9.40. The SMILES string of the molecule is CCOC(=O)CCSc1ncc(C)nc1N. The summed E-state index contributed by atoms with van der Waals surface area (Å²) in [4.78, 5) is 19.3. The first-order valence-corrected chi connectivity index (χ1v) is 5.99. The molecule has 0 aliphatic heterocycles. The quantitative estimate of drug-likeness (QED) is 0.620. The van der Waals surface area contributed by atoms with E-state index >= 15 is 0 Å². The summed E-state index contributed by atoms with van der Waals surface area (Å²) in [7, 11) is 0. The van der Waals surface area contributed by atoms with Gasteiger partial charge in [-0.05, 0) is 13.8 Å². The summed E-state index contributed by atoms with van der Waals surface area (Å²) >= 11 is 1.41. The van der Waals surface area contributed by atoms with Crippen molar-refractivity contribution < 1.29 is 9.53 Å². The topological polar surface area (TPSA) is 78.1 Å². The van der Waals surface area contributed by atoms with Crippen LogP contribution in [0.15, 0.2) is 11.2 Å². The van der Waals surface area contributed by atoms with Gasteiger partial charge in [0.2, 0.25) is 0 Å². The predicted octanol–water partition coefficient (Wildman–Crippen LogP) is 1.41. The number of nitrogens with two attached hydrogens (primary N) is 1. The molecule has 0 bridgehead atoms. The molecule has 0 saturated carbocycles. The highest BCUT2D eigenvalue weighted by molar-refractivity contribution is 7.99. The highest BCUT2D eigenvalue weighted by atomic mass is 32.2. The van der Waals surface area contributed by atoms with Crippen LogP contribution in [0.25, 0.3) is 0 Å². The molecule has 1 heterocycles. The van der Waals surface area contributed by atoms with E-state index in [-0.39, 0.29) is 5.97 Å². The molecule has 1 aromatic heterocycles. The van der Waals surface area contributed by atoms with Gasteiger partial charge in [0.15, 0.2) is 5.82 Å². The van der Waals surface area contributed by atoms with E-state index < -0.39 is 0 Å². The van der Waals surface area contributed by atoms with Crippen LogP contribution in [0.2, 0.25) is 0 Å². The Bertz CT molecular complexity index is 371. The van der Waals surface area contributed by atoms with Gasteiger partial charge >= 0.3 is 5.97 Å². The number of esters is 1. The largest absolute Gasteiger partial charge is 0.466 e. The number of hydrogen-bond acceptors (Lipinski definition) is 6. The van der Waals surface area contributed by atoms with Gasteiger partial charge in [-0.2, -0.15) is 0 Å². The number of carbonyl (C=O) groups is 1. The Balaban J connectivity index is 2.40. The average Bonchev–Trinajstić information content (AvgIpc) is 2.22. The number of nitrogens with zero attached hydrogens (tertiary/aromatic N) is 2. The lowest BCUT2D eigenvalue weighted by atomic mass is 10.5. The molecule has 2 N–H and O–H groups in total. The van der Waals surface area contributed by atoms with Crippen molar-refractivity contribution in [1.29, 1.82) is 0 Å². The molecule has 6 heteroatoms. The van der Waals surface area contributed by atoms with Crippen molar-refractivity contribution in [2.24, 2.45) is 0 Å². The molecular weight excluding hydrogens is 226 g/mol. The third kappa shape index (κ3) is 4.06. The van der Waals surface area contributed by atoms with Gasteiger partial charge in [-0.3, -0.25) is 4.79 Å². The summed E-state index contributed by atoms with van der Waals surface area (Å²) in [5, 5.41) is 0.662. The third-order valence-electron chi connectivity index (χ3n) is 1.73. The van der Waals surface area contributed by atoms with Crippen molar-refractivity contribution in [3.8, 4) is 0 Å². The van der Waals surface area contributed by atoms with Crippen LogP contribution < -0.4 is 5.73 Å². The summed E-state index contributed by atoms with van der Waals surface area (Å²) in [6, 6.07) is 0. The molecule has 0 radical (unpaired) electrons. The summed E-state index contributed by atoms with van der Waals surface area (Å²) in [6.45, 7) is 4.03. The van der Waals surface area contributed by atoms with E-state index in [4.69, 9.17) is 10.5 Å². The maximum atomic E-state index is 11.1. The Morgan fingerprint density at radius 3 is 3.00 bits per heavy atom. The highest BCUT2D eigenvalue weighted by Gasteiger charge is 2.06. The van der Waals surface area contributed by atoms with Crippen LogP contribution in [0, 0.1) is 6.92 Å². The second kappa shape index (κ2) is 6.32. The first kappa shape index (κ1) is 12.8. The molecule has 16 heavy (non-hydrogen) atoms. The lowest BCUT2D eigenvalue weighted by Crippen LogP contribution is -2.05. The Morgan fingerprint density at radius 2 is 2.38 bits per heavy atom. The molecule has 0 aromatic carbocycles.